The van der Waals surface area contributed by atoms with Gasteiger partial charge in [0.05, 0.1) is 23.4 Å². The summed E-state index contributed by atoms with van der Waals surface area (Å²) in [7, 11) is 1.46. The number of nitrogen functional groups attached to an aromatic ring is 1. The Bertz CT molecular complexity index is 552. The van der Waals surface area contributed by atoms with Gasteiger partial charge in [-0.1, -0.05) is 11.6 Å². The third kappa shape index (κ3) is 2.09. The average Bonchev–Trinajstić information content (AvgIpc) is 2.84. The van der Waals surface area contributed by atoms with Crippen LogP contribution in [0.2, 0.25) is 5.02 Å². The van der Waals surface area contributed by atoms with Gasteiger partial charge in [0.25, 0.3) is 5.91 Å². The molecule has 0 aliphatic carbocycles. The number of halogens is 1. The molecule has 2 N–H and O–H groups in total. The monoisotopic (exact) mass is 251 g/mol. The lowest BCUT2D eigenvalue weighted by atomic mass is 10.1. The summed E-state index contributed by atoms with van der Waals surface area (Å²) in [5, 5.41) is 4.16. The highest BCUT2D eigenvalue weighted by Gasteiger charge is 2.16. The highest BCUT2D eigenvalue weighted by Crippen LogP contribution is 2.29. The van der Waals surface area contributed by atoms with Crippen molar-refractivity contribution in [1.82, 2.24) is 9.78 Å². The van der Waals surface area contributed by atoms with Gasteiger partial charge in [0, 0.05) is 18.5 Å². The van der Waals surface area contributed by atoms with Crippen LogP contribution in [0.15, 0.2) is 30.6 Å². The van der Waals surface area contributed by atoms with E-state index in [1.165, 1.54) is 30.1 Å². The second-order valence-electron chi connectivity index (χ2n) is 3.33. The van der Waals surface area contributed by atoms with Gasteiger partial charge in [0.1, 0.15) is 5.75 Å². The quantitative estimate of drug-likeness (QED) is 0.827. The Morgan fingerprint density at radius 3 is 2.88 bits per heavy atom. The Morgan fingerprint density at radius 2 is 2.29 bits per heavy atom. The number of hydrogen-bond acceptors (Lipinski definition) is 4. The van der Waals surface area contributed by atoms with Crippen molar-refractivity contribution in [2.45, 2.75) is 0 Å². The van der Waals surface area contributed by atoms with Crippen molar-refractivity contribution in [2.75, 3.05) is 12.8 Å². The van der Waals surface area contributed by atoms with Crippen LogP contribution < -0.4 is 10.5 Å². The molecule has 1 heterocycles. The van der Waals surface area contributed by atoms with Gasteiger partial charge in [-0.05, 0) is 12.1 Å². The van der Waals surface area contributed by atoms with Gasteiger partial charge in [-0.25, -0.2) is 4.68 Å². The minimum absolute atomic E-state index is 0.307. The van der Waals surface area contributed by atoms with Crippen molar-refractivity contribution >= 4 is 23.2 Å². The first-order chi connectivity index (χ1) is 8.13. The molecule has 0 amide bonds. The number of hydrogen-bond donors (Lipinski definition) is 1. The zero-order valence-electron chi connectivity index (χ0n) is 9.05. The molecule has 0 unspecified atom stereocenters. The number of rotatable bonds is 2. The number of methoxy groups -OCH3 is 1. The van der Waals surface area contributed by atoms with Crippen molar-refractivity contribution < 1.29 is 9.53 Å². The summed E-state index contributed by atoms with van der Waals surface area (Å²) in [4.78, 5) is 12.1. The normalized spacial score (nSPS) is 10.2. The van der Waals surface area contributed by atoms with E-state index < -0.39 is 0 Å². The minimum Gasteiger partial charge on any atom is -0.496 e. The Balaban J connectivity index is 2.51. The number of aromatic nitrogens is 2. The summed E-state index contributed by atoms with van der Waals surface area (Å²) in [6, 6.07) is 4.64. The number of carbonyl (C=O) groups is 1. The van der Waals surface area contributed by atoms with Gasteiger partial charge in [0.2, 0.25) is 0 Å². The number of anilines is 1. The van der Waals surface area contributed by atoms with E-state index in [2.05, 4.69) is 5.10 Å². The standard InChI is InChI=1S/C11H10ClN3O2/c1-17-10-6-9(13)8(12)5-7(10)11(16)15-4-2-3-14-15/h2-6H,13H2,1H3. The van der Waals surface area contributed by atoms with Crippen LogP contribution in [0.25, 0.3) is 0 Å². The first-order valence-electron chi connectivity index (χ1n) is 4.81. The van der Waals surface area contributed by atoms with Crippen LogP contribution in [-0.4, -0.2) is 22.8 Å². The molecule has 0 spiro atoms. The highest BCUT2D eigenvalue weighted by molar-refractivity contribution is 6.33. The van der Waals surface area contributed by atoms with E-state index in [1.807, 2.05) is 0 Å². The number of ether oxygens (including phenoxy) is 1. The number of benzene rings is 1. The Hall–Kier alpha value is -2.01. The van der Waals surface area contributed by atoms with Gasteiger partial charge in [-0.3, -0.25) is 4.79 Å². The van der Waals surface area contributed by atoms with Crippen LogP contribution >= 0.6 is 11.6 Å². The van der Waals surface area contributed by atoms with Crippen molar-refractivity contribution in [2.24, 2.45) is 0 Å². The van der Waals surface area contributed by atoms with Crippen molar-refractivity contribution in [3.8, 4) is 5.75 Å². The molecule has 2 rings (SSSR count). The third-order valence-corrected chi connectivity index (χ3v) is 2.59. The van der Waals surface area contributed by atoms with E-state index in [0.717, 1.165) is 0 Å². The Morgan fingerprint density at radius 1 is 1.53 bits per heavy atom. The molecule has 0 aliphatic rings. The van der Waals surface area contributed by atoms with Crippen molar-refractivity contribution in [1.29, 1.82) is 0 Å². The van der Waals surface area contributed by atoms with Crippen LogP contribution in [0.1, 0.15) is 10.4 Å². The minimum atomic E-state index is -0.325. The van der Waals surface area contributed by atoms with E-state index in [-0.39, 0.29) is 5.91 Å². The molecule has 0 aliphatic heterocycles. The third-order valence-electron chi connectivity index (χ3n) is 2.26. The lowest BCUT2D eigenvalue weighted by molar-refractivity contribution is 0.0942. The van der Waals surface area contributed by atoms with Gasteiger partial charge >= 0.3 is 0 Å². The maximum Gasteiger partial charge on any atom is 0.281 e. The van der Waals surface area contributed by atoms with E-state index >= 15 is 0 Å². The van der Waals surface area contributed by atoms with Gasteiger partial charge in [-0.15, -0.1) is 0 Å². The molecule has 1 aromatic heterocycles. The molecule has 88 valence electrons. The van der Waals surface area contributed by atoms with Crippen molar-refractivity contribution in [3.05, 3.63) is 41.2 Å². The van der Waals surface area contributed by atoms with Crippen molar-refractivity contribution in [3.63, 3.8) is 0 Å². The SMILES string of the molecule is COc1cc(N)c(Cl)cc1C(=O)n1cccn1. The number of nitrogens with zero attached hydrogens (tertiary/aromatic N) is 2. The fraction of sp³-hybridized carbons (Fsp3) is 0.0909. The van der Waals surface area contributed by atoms with Crippen LogP contribution in [-0.2, 0) is 0 Å². The lowest BCUT2D eigenvalue weighted by Crippen LogP contribution is -2.14. The molecule has 0 saturated carbocycles. The molecule has 5 nitrogen and oxygen atoms in total. The van der Waals surface area contributed by atoms with Crippen LogP contribution in [0.4, 0.5) is 5.69 Å². The summed E-state index contributed by atoms with van der Waals surface area (Å²) in [5.74, 6) is 0.0427. The molecule has 0 bridgehead atoms. The van der Waals surface area contributed by atoms with E-state index in [1.54, 1.807) is 12.3 Å². The zero-order chi connectivity index (χ0) is 12.4. The summed E-state index contributed by atoms with van der Waals surface area (Å²) >= 11 is 5.89. The summed E-state index contributed by atoms with van der Waals surface area (Å²) in [6.45, 7) is 0. The smallest absolute Gasteiger partial charge is 0.281 e. The average molecular weight is 252 g/mol. The molecule has 6 heteroatoms. The molecule has 2 aromatic rings. The van der Waals surface area contributed by atoms with E-state index in [9.17, 15) is 4.79 Å². The van der Waals surface area contributed by atoms with Crippen LogP contribution in [0.5, 0.6) is 5.75 Å². The van der Waals surface area contributed by atoms with Gasteiger partial charge in [0.15, 0.2) is 0 Å². The Kier molecular flexibility index (Phi) is 3.01. The highest BCUT2D eigenvalue weighted by atomic mass is 35.5. The van der Waals surface area contributed by atoms with Crippen LogP contribution in [0, 0.1) is 0 Å². The molecule has 17 heavy (non-hydrogen) atoms. The predicted molar refractivity (Wildman–Crippen MR) is 64.4 cm³/mol. The summed E-state index contributed by atoms with van der Waals surface area (Å²) in [6.07, 6.45) is 3.06. The lowest BCUT2D eigenvalue weighted by Gasteiger charge is -2.09. The maximum atomic E-state index is 12.1. The molecule has 0 radical (unpaired) electrons. The fourth-order valence-corrected chi connectivity index (χ4v) is 1.58. The largest absolute Gasteiger partial charge is 0.496 e. The van der Waals surface area contributed by atoms with E-state index in [0.29, 0.717) is 22.0 Å². The summed E-state index contributed by atoms with van der Waals surface area (Å²) < 4.78 is 6.30. The maximum absolute atomic E-state index is 12.1. The first kappa shape index (κ1) is 11.5. The summed E-state index contributed by atoms with van der Waals surface area (Å²) in [5.41, 5.74) is 6.32. The van der Waals surface area contributed by atoms with Gasteiger partial charge < -0.3 is 10.5 Å². The number of nitrogens with two attached hydrogens (primary N) is 1. The second kappa shape index (κ2) is 4.47. The number of carbonyl (C=O) groups excluding carboxylic acids is 1. The predicted octanol–water partition coefficient (Wildman–Crippen LogP) is 1.82. The second-order valence-corrected chi connectivity index (χ2v) is 3.74. The molecule has 0 fully saturated rings. The van der Waals surface area contributed by atoms with E-state index in [4.69, 9.17) is 22.1 Å². The topological polar surface area (TPSA) is 70.1 Å². The molecular formula is C11H10ClN3O2. The zero-order valence-corrected chi connectivity index (χ0v) is 9.81. The van der Waals surface area contributed by atoms with Crippen LogP contribution in [0.3, 0.4) is 0 Å². The first-order valence-corrected chi connectivity index (χ1v) is 5.18. The fourth-order valence-electron chi connectivity index (χ4n) is 1.42. The van der Waals surface area contributed by atoms with Gasteiger partial charge in [-0.2, -0.15) is 5.10 Å². The Labute approximate surface area is 103 Å². The molecule has 1 aromatic carbocycles. The molecular weight excluding hydrogens is 242 g/mol. The molecule has 0 saturated heterocycles. The molecule has 0 atom stereocenters.